The fourth-order valence-electron chi connectivity index (χ4n) is 1.97. The molecule has 0 spiro atoms. The first-order valence-corrected chi connectivity index (χ1v) is 7.70. The van der Waals surface area contributed by atoms with E-state index in [0.717, 1.165) is 24.2 Å². The third-order valence-electron chi connectivity index (χ3n) is 3.32. The zero-order chi connectivity index (χ0) is 16.4. The summed E-state index contributed by atoms with van der Waals surface area (Å²) in [5.41, 5.74) is 3.70. The highest BCUT2D eigenvalue weighted by Gasteiger charge is 1.99. The molecule has 22 heavy (non-hydrogen) atoms. The van der Waals surface area contributed by atoms with Crippen molar-refractivity contribution < 1.29 is 14.6 Å². The molecule has 1 aromatic carbocycles. The molecular weight excluding hydrogens is 276 g/mol. The van der Waals surface area contributed by atoms with Crippen LogP contribution in [0.25, 0.3) is 0 Å². The second-order valence-corrected chi connectivity index (χ2v) is 5.72. The molecule has 0 radical (unpaired) electrons. The highest BCUT2D eigenvalue weighted by Crippen LogP contribution is 2.14. The maximum Gasteiger partial charge on any atom is 0.303 e. The lowest BCUT2D eigenvalue weighted by molar-refractivity contribution is -0.136. The molecule has 0 aliphatic carbocycles. The summed E-state index contributed by atoms with van der Waals surface area (Å²) in [6, 6.07) is 7.63. The average Bonchev–Trinajstić information content (AvgIpc) is 2.46. The molecule has 3 nitrogen and oxygen atoms in total. The first-order valence-electron chi connectivity index (χ1n) is 7.70. The predicted octanol–water partition coefficient (Wildman–Crippen LogP) is 4.78. The molecule has 0 saturated carbocycles. The number of ether oxygens (including phenoxy) is 1. The number of hydrogen-bond acceptors (Lipinski definition) is 2. The maximum absolute atomic E-state index is 10.5. The Morgan fingerprint density at radius 1 is 1.09 bits per heavy atom. The number of carbonyl (C=O) groups is 1. The minimum absolute atomic E-state index is 0.161. The van der Waals surface area contributed by atoms with Gasteiger partial charge < -0.3 is 9.84 Å². The van der Waals surface area contributed by atoms with Crippen LogP contribution >= 0.6 is 0 Å². The molecule has 1 rings (SSSR count). The van der Waals surface area contributed by atoms with E-state index >= 15 is 0 Å². The lowest BCUT2D eigenvalue weighted by atomic mass is 10.1. The third kappa shape index (κ3) is 8.30. The molecule has 0 aliphatic rings. The Morgan fingerprint density at radius 2 is 1.77 bits per heavy atom. The van der Waals surface area contributed by atoms with E-state index < -0.39 is 5.97 Å². The Bertz CT molecular complexity index is 520. The van der Waals surface area contributed by atoms with Gasteiger partial charge in [-0.1, -0.05) is 29.4 Å². The summed E-state index contributed by atoms with van der Waals surface area (Å²) in [7, 11) is 0. The number of hydrogen-bond donors (Lipinski definition) is 1. The zero-order valence-electron chi connectivity index (χ0n) is 13.8. The second-order valence-electron chi connectivity index (χ2n) is 5.72. The van der Waals surface area contributed by atoms with Crippen LogP contribution in [0.1, 0.15) is 45.6 Å². The quantitative estimate of drug-likeness (QED) is 0.668. The van der Waals surface area contributed by atoms with Gasteiger partial charge >= 0.3 is 5.97 Å². The van der Waals surface area contributed by atoms with E-state index in [1.807, 2.05) is 24.3 Å². The fraction of sp³-hybridized carbons (Fsp3) is 0.421. The predicted molar refractivity (Wildman–Crippen MR) is 90.3 cm³/mol. The van der Waals surface area contributed by atoms with Gasteiger partial charge in [-0.2, -0.15) is 0 Å². The molecule has 0 atom stereocenters. The number of carboxylic acids is 1. The number of aryl methyl sites for hydroxylation is 1. The smallest absolute Gasteiger partial charge is 0.303 e. The van der Waals surface area contributed by atoms with E-state index in [9.17, 15) is 4.79 Å². The lowest BCUT2D eigenvalue weighted by Crippen LogP contribution is -1.98. The van der Waals surface area contributed by atoms with Crippen molar-refractivity contribution in [3.63, 3.8) is 0 Å². The van der Waals surface area contributed by atoms with Crippen LogP contribution in [0.2, 0.25) is 0 Å². The largest absolute Gasteiger partial charge is 0.490 e. The Balaban J connectivity index is 2.35. The molecule has 0 aromatic heterocycles. The molecule has 0 unspecified atom stereocenters. The molecular formula is C19H26O3. The molecule has 0 fully saturated rings. The third-order valence-corrected chi connectivity index (χ3v) is 3.32. The topological polar surface area (TPSA) is 46.5 Å². The van der Waals surface area contributed by atoms with Crippen molar-refractivity contribution in [2.75, 3.05) is 6.61 Å². The molecule has 1 aromatic rings. The van der Waals surface area contributed by atoms with Gasteiger partial charge in [-0.25, -0.2) is 0 Å². The van der Waals surface area contributed by atoms with Gasteiger partial charge in [0.1, 0.15) is 12.4 Å². The second kappa shape index (κ2) is 9.82. The summed E-state index contributed by atoms with van der Waals surface area (Å²) in [4.78, 5) is 10.5. The van der Waals surface area contributed by atoms with Crippen LogP contribution < -0.4 is 4.74 Å². The summed E-state index contributed by atoms with van der Waals surface area (Å²) in [6.07, 6.45) is 7.20. The first-order chi connectivity index (χ1) is 10.5. The number of aliphatic carboxylic acids is 1. The van der Waals surface area contributed by atoms with E-state index in [1.165, 1.54) is 11.1 Å². The first kappa shape index (κ1) is 18.0. The molecule has 0 bridgehead atoms. The molecule has 120 valence electrons. The highest BCUT2D eigenvalue weighted by molar-refractivity contribution is 5.67. The van der Waals surface area contributed by atoms with Crippen LogP contribution in [0.15, 0.2) is 47.6 Å². The lowest BCUT2D eigenvalue weighted by Gasteiger charge is -2.06. The van der Waals surface area contributed by atoms with Gasteiger partial charge in [-0.05, 0) is 63.8 Å². The van der Waals surface area contributed by atoms with Crippen molar-refractivity contribution in [3.8, 4) is 5.75 Å². The van der Waals surface area contributed by atoms with Crippen molar-refractivity contribution in [3.05, 3.63) is 53.1 Å². The van der Waals surface area contributed by atoms with Crippen LogP contribution in [0.3, 0.4) is 0 Å². The summed E-state index contributed by atoms with van der Waals surface area (Å²) in [5, 5.41) is 8.65. The molecule has 0 amide bonds. The van der Waals surface area contributed by atoms with Crippen LogP contribution in [0, 0.1) is 0 Å². The zero-order valence-corrected chi connectivity index (χ0v) is 13.8. The summed E-state index contributed by atoms with van der Waals surface area (Å²) < 4.78 is 5.68. The normalized spacial score (nSPS) is 11.1. The molecule has 1 N–H and O–H groups in total. The maximum atomic E-state index is 10.5. The van der Waals surface area contributed by atoms with Gasteiger partial charge in [-0.3, -0.25) is 4.79 Å². The molecule has 0 heterocycles. The monoisotopic (exact) mass is 302 g/mol. The number of benzene rings is 1. The Kier molecular flexibility index (Phi) is 8.05. The van der Waals surface area contributed by atoms with Crippen LogP contribution in [-0.2, 0) is 11.2 Å². The van der Waals surface area contributed by atoms with E-state index in [-0.39, 0.29) is 6.42 Å². The van der Waals surface area contributed by atoms with Gasteiger partial charge in [0.05, 0.1) is 0 Å². The van der Waals surface area contributed by atoms with E-state index in [2.05, 4.69) is 32.9 Å². The van der Waals surface area contributed by atoms with E-state index in [0.29, 0.717) is 13.0 Å². The number of allylic oxidation sites excluding steroid dienone is 3. The average molecular weight is 302 g/mol. The standard InChI is InChI=1S/C19H26O3/c1-15(2)5-4-6-16(3)13-14-22-18-10-7-17(8-11-18)9-12-19(20)21/h5,7-8,10-11,13H,4,6,9,12,14H2,1-3H3,(H,20,21)/b16-13+. The van der Waals surface area contributed by atoms with E-state index in [4.69, 9.17) is 9.84 Å². The van der Waals surface area contributed by atoms with Gasteiger partial charge in [0.2, 0.25) is 0 Å². The highest BCUT2D eigenvalue weighted by atomic mass is 16.5. The van der Waals surface area contributed by atoms with Crippen LogP contribution in [0.5, 0.6) is 5.75 Å². The van der Waals surface area contributed by atoms with Crippen molar-refractivity contribution in [2.24, 2.45) is 0 Å². The van der Waals surface area contributed by atoms with Crippen molar-refractivity contribution >= 4 is 5.97 Å². The molecule has 0 aliphatic heterocycles. The Morgan fingerprint density at radius 3 is 2.36 bits per heavy atom. The van der Waals surface area contributed by atoms with Gasteiger partial charge in [-0.15, -0.1) is 0 Å². The van der Waals surface area contributed by atoms with Crippen LogP contribution in [0.4, 0.5) is 0 Å². The van der Waals surface area contributed by atoms with Gasteiger partial charge in [0.25, 0.3) is 0 Å². The number of carboxylic acid groups (broad SMARTS) is 1. The minimum atomic E-state index is -0.769. The summed E-state index contributed by atoms with van der Waals surface area (Å²) >= 11 is 0. The molecule has 0 saturated heterocycles. The van der Waals surface area contributed by atoms with Crippen molar-refractivity contribution in [2.45, 2.75) is 46.5 Å². The summed E-state index contributed by atoms with van der Waals surface area (Å²) in [6.45, 7) is 6.91. The molecule has 3 heteroatoms. The van der Waals surface area contributed by atoms with E-state index in [1.54, 1.807) is 0 Å². The van der Waals surface area contributed by atoms with Crippen LogP contribution in [-0.4, -0.2) is 17.7 Å². The summed E-state index contributed by atoms with van der Waals surface area (Å²) in [5.74, 6) is 0.0430. The van der Waals surface area contributed by atoms with Crippen molar-refractivity contribution in [1.82, 2.24) is 0 Å². The van der Waals surface area contributed by atoms with Gasteiger partial charge in [0, 0.05) is 6.42 Å². The minimum Gasteiger partial charge on any atom is -0.490 e. The fourth-order valence-corrected chi connectivity index (χ4v) is 1.97. The van der Waals surface area contributed by atoms with Gasteiger partial charge in [0.15, 0.2) is 0 Å². The Labute approximate surface area is 133 Å². The number of rotatable bonds is 9. The Hall–Kier alpha value is -2.03. The SMILES string of the molecule is CC(C)=CCC/C(C)=C/COc1ccc(CCC(=O)O)cc1. The van der Waals surface area contributed by atoms with Crippen molar-refractivity contribution in [1.29, 1.82) is 0 Å².